The summed E-state index contributed by atoms with van der Waals surface area (Å²) >= 11 is 0. The number of ketones is 1. The highest BCUT2D eigenvalue weighted by molar-refractivity contribution is 6.05. The third-order valence-corrected chi connectivity index (χ3v) is 4.04. The van der Waals surface area contributed by atoms with Crippen molar-refractivity contribution in [3.63, 3.8) is 0 Å². The smallest absolute Gasteiger partial charge is 0.180 e. The van der Waals surface area contributed by atoms with E-state index in [0.29, 0.717) is 12.2 Å². The molecule has 5 nitrogen and oxygen atoms in total. The number of carbonyl (C=O) groups excluding carboxylic acids is 1. The molecule has 0 unspecified atom stereocenters. The van der Waals surface area contributed by atoms with Crippen LogP contribution < -0.4 is 4.74 Å². The van der Waals surface area contributed by atoms with E-state index in [0.717, 1.165) is 27.8 Å². The molecule has 25 heavy (non-hydrogen) atoms. The number of fused-ring (bicyclic) bond motifs is 1. The Labute approximate surface area is 146 Å². The van der Waals surface area contributed by atoms with Crippen molar-refractivity contribution in [2.45, 2.75) is 32.9 Å². The number of hydrogen-bond donors (Lipinski definition) is 1. The largest absolute Gasteiger partial charge is 0.496 e. The molecule has 0 atom stereocenters. The van der Waals surface area contributed by atoms with E-state index in [-0.39, 0.29) is 5.78 Å². The fraction of sp³-hybridized carbons (Fsp3) is 0.300. The van der Waals surface area contributed by atoms with Gasteiger partial charge < -0.3 is 9.84 Å². The van der Waals surface area contributed by atoms with E-state index < -0.39 is 5.60 Å². The molecule has 0 saturated heterocycles. The molecule has 0 fully saturated rings. The molecule has 130 valence electrons. The van der Waals surface area contributed by atoms with Crippen molar-refractivity contribution < 1.29 is 14.6 Å². The first-order chi connectivity index (χ1) is 11.8. The Balaban J connectivity index is 2.22. The lowest BCUT2D eigenvalue weighted by molar-refractivity contribution is 0.0588. The zero-order chi connectivity index (χ0) is 18.2. The van der Waals surface area contributed by atoms with Crippen molar-refractivity contribution in [2.75, 3.05) is 7.11 Å². The highest BCUT2D eigenvalue weighted by atomic mass is 16.5. The van der Waals surface area contributed by atoms with Gasteiger partial charge in [0.25, 0.3) is 0 Å². The molecule has 0 radical (unpaired) electrons. The molecule has 0 bridgehead atoms. The van der Waals surface area contributed by atoms with E-state index in [9.17, 15) is 9.90 Å². The second kappa shape index (κ2) is 6.33. The fourth-order valence-electron chi connectivity index (χ4n) is 2.97. The average molecular weight is 338 g/mol. The molecule has 1 N–H and O–H groups in total. The van der Waals surface area contributed by atoms with Gasteiger partial charge in [-0.3, -0.25) is 9.48 Å². The first-order valence-corrected chi connectivity index (χ1v) is 8.17. The van der Waals surface area contributed by atoms with Crippen molar-refractivity contribution in [1.82, 2.24) is 9.78 Å². The van der Waals surface area contributed by atoms with Crippen LogP contribution in [0.25, 0.3) is 22.0 Å². The minimum Gasteiger partial charge on any atom is -0.496 e. The molecule has 0 aliphatic heterocycles. The Hall–Kier alpha value is -2.66. The number of aliphatic hydroxyl groups is 1. The van der Waals surface area contributed by atoms with Gasteiger partial charge >= 0.3 is 0 Å². The monoisotopic (exact) mass is 338 g/mol. The minimum atomic E-state index is -0.937. The van der Waals surface area contributed by atoms with Gasteiger partial charge in [0.05, 0.1) is 24.8 Å². The number of para-hydroxylation sites is 1. The van der Waals surface area contributed by atoms with Crippen LogP contribution in [0.15, 0.2) is 42.5 Å². The van der Waals surface area contributed by atoms with Crippen molar-refractivity contribution >= 4 is 16.7 Å². The van der Waals surface area contributed by atoms with Crippen LogP contribution in [0.2, 0.25) is 0 Å². The first kappa shape index (κ1) is 17.2. The van der Waals surface area contributed by atoms with Gasteiger partial charge in [-0.05, 0) is 37.6 Å². The summed E-state index contributed by atoms with van der Waals surface area (Å²) in [4.78, 5) is 11.9. The normalized spacial score (nSPS) is 11.7. The van der Waals surface area contributed by atoms with Crippen molar-refractivity contribution in [2.24, 2.45) is 0 Å². The summed E-state index contributed by atoms with van der Waals surface area (Å²) in [6, 6.07) is 13.6. The molecule has 0 aliphatic carbocycles. The zero-order valence-corrected chi connectivity index (χ0v) is 14.9. The topological polar surface area (TPSA) is 64.3 Å². The second-order valence-electron chi connectivity index (χ2n) is 6.81. The van der Waals surface area contributed by atoms with Gasteiger partial charge in [0.15, 0.2) is 5.78 Å². The summed E-state index contributed by atoms with van der Waals surface area (Å²) in [6.07, 6.45) is 0. The van der Waals surface area contributed by atoms with E-state index in [4.69, 9.17) is 4.74 Å². The second-order valence-corrected chi connectivity index (χ2v) is 6.81. The number of ether oxygens (including phenoxy) is 1. The van der Waals surface area contributed by atoms with Crippen LogP contribution in [0.1, 0.15) is 31.3 Å². The van der Waals surface area contributed by atoms with E-state index >= 15 is 0 Å². The highest BCUT2D eigenvalue weighted by Gasteiger charge is 2.20. The fourth-order valence-corrected chi connectivity index (χ4v) is 2.97. The van der Waals surface area contributed by atoms with Gasteiger partial charge in [0.1, 0.15) is 11.4 Å². The Morgan fingerprint density at radius 2 is 1.96 bits per heavy atom. The van der Waals surface area contributed by atoms with Gasteiger partial charge in [0.2, 0.25) is 0 Å². The number of methoxy groups -OCH3 is 1. The third-order valence-electron chi connectivity index (χ3n) is 4.04. The van der Waals surface area contributed by atoms with Crippen LogP contribution in [0.4, 0.5) is 0 Å². The minimum absolute atomic E-state index is 0.0930. The molecule has 2 aromatic carbocycles. The van der Waals surface area contributed by atoms with Crippen LogP contribution in [0.5, 0.6) is 5.75 Å². The molecule has 1 aromatic heterocycles. The van der Waals surface area contributed by atoms with Gasteiger partial charge in [-0.1, -0.05) is 24.3 Å². The molecule has 3 aromatic rings. The third kappa shape index (κ3) is 3.42. The molecule has 0 aliphatic rings. The number of rotatable bonds is 5. The number of aromatic nitrogens is 2. The number of benzene rings is 2. The zero-order valence-electron chi connectivity index (χ0n) is 14.9. The van der Waals surface area contributed by atoms with Crippen molar-refractivity contribution in [1.29, 1.82) is 0 Å². The summed E-state index contributed by atoms with van der Waals surface area (Å²) in [5, 5.41) is 15.4. The average Bonchev–Trinajstić information content (AvgIpc) is 2.91. The van der Waals surface area contributed by atoms with E-state index in [1.54, 1.807) is 25.6 Å². The number of Topliss-reactive ketones (excluding diaryl/α,β-unsaturated/α-hetero) is 1. The molecule has 3 rings (SSSR count). The van der Waals surface area contributed by atoms with Gasteiger partial charge in [-0.15, -0.1) is 0 Å². The predicted octanol–water partition coefficient (Wildman–Crippen LogP) is 3.69. The molecule has 0 spiro atoms. The lowest BCUT2D eigenvalue weighted by atomic mass is 10.0. The maximum Gasteiger partial charge on any atom is 0.180 e. The van der Waals surface area contributed by atoms with Gasteiger partial charge in [0, 0.05) is 17.9 Å². The number of nitrogens with zero attached hydrogens (tertiary/aromatic N) is 2. The standard InChI is InChI=1S/C20H22N2O3/c1-13(23)19-16-10-9-14(15-7-5-6-8-18(15)25-4)11-17(16)22(21-19)12-20(2,3)24/h5-11,24H,12H2,1-4H3. The molecular weight excluding hydrogens is 316 g/mol. The van der Waals surface area contributed by atoms with E-state index in [1.165, 1.54) is 6.92 Å². The summed E-state index contributed by atoms with van der Waals surface area (Å²) in [6.45, 7) is 5.24. The van der Waals surface area contributed by atoms with Crippen LogP contribution in [-0.4, -0.2) is 33.4 Å². The number of hydrogen-bond acceptors (Lipinski definition) is 4. The van der Waals surface area contributed by atoms with E-state index in [2.05, 4.69) is 5.10 Å². The van der Waals surface area contributed by atoms with Crippen molar-refractivity contribution in [3.8, 4) is 16.9 Å². The molecular formula is C20H22N2O3. The van der Waals surface area contributed by atoms with Gasteiger partial charge in [-0.25, -0.2) is 0 Å². The Morgan fingerprint density at radius 3 is 2.60 bits per heavy atom. The van der Waals surface area contributed by atoms with Crippen molar-refractivity contribution in [3.05, 3.63) is 48.2 Å². The quantitative estimate of drug-likeness (QED) is 0.721. The first-order valence-electron chi connectivity index (χ1n) is 8.17. The molecule has 0 saturated carbocycles. The molecule has 0 amide bonds. The summed E-state index contributed by atoms with van der Waals surface area (Å²) < 4.78 is 7.15. The summed E-state index contributed by atoms with van der Waals surface area (Å²) in [7, 11) is 1.64. The predicted molar refractivity (Wildman–Crippen MR) is 98.0 cm³/mol. The highest BCUT2D eigenvalue weighted by Crippen LogP contribution is 2.32. The molecule has 1 heterocycles. The Bertz CT molecular complexity index is 936. The van der Waals surface area contributed by atoms with Crippen LogP contribution in [-0.2, 0) is 6.54 Å². The Morgan fingerprint density at radius 1 is 1.24 bits per heavy atom. The van der Waals surface area contributed by atoms with Crippen LogP contribution >= 0.6 is 0 Å². The van der Waals surface area contributed by atoms with Crippen LogP contribution in [0.3, 0.4) is 0 Å². The summed E-state index contributed by atoms with van der Waals surface area (Å²) in [5.41, 5.74) is 2.23. The maximum absolute atomic E-state index is 11.9. The lowest BCUT2D eigenvalue weighted by Gasteiger charge is -2.17. The maximum atomic E-state index is 11.9. The lowest BCUT2D eigenvalue weighted by Crippen LogP contribution is -2.26. The van der Waals surface area contributed by atoms with E-state index in [1.807, 2.05) is 42.5 Å². The summed E-state index contributed by atoms with van der Waals surface area (Å²) in [5.74, 6) is 0.687. The van der Waals surface area contributed by atoms with Crippen LogP contribution in [0, 0.1) is 0 Å². The Kier molecular flexibility index (Phi) is 4.35. The molecule has 5 heteroatoms. The SMILES string of the molecule is COc1ccccc1-c1ccc2c(C(C)=O)nn(CC(C)(C)O)c2c1. The van der Waals surface area contributed by atoms with Gasteiger partial charge in [-0.2, -0.15) is 5.10 Å². The number of carbonyl (C=O) groups is 1.